The molecule has 0 unspecified atom stereocenters. The van der Waals surface area contributed by atoms with Gasteiger partial charge in [0.25, 0.3) is 10.0 Å². The number of fused-ring (bicyclic) bond motifs is 1. The predicted octanol–water partition coefficient (Wildman–Crippen LogP) is 4.89. The fourth-order valence-electron chi connectivity index (χ4n) is 4.15. The molecule has 34 heavy (non-hydrogen) atoms. The number of sulfonamides is 1. The number of hydrogen-bond acceptors (Lipinski definition) is 4. The lowest BCUT2D eigenvalue weighted by atomic mass is 9.85. The molecule has 0 radical (unpaired) electrons. The molecule has 1 heterocycles. The zero-order valence-electron chi connectivity index (χ0n) is 18.8. The van der Waals surface area contributed by atoms with Crippen LogP contribution in [0.2, 0.25) is 0 Å². The van der Waals surface area contributed by atoms with E-state index in [9.17, 15) is 22.0 Å². The Hall–Kier alpha value is -3.46. The Morgan fingerprint density at radius 3 is 2.32 bits per heavy atom. The van der Waals surface area contributed by atoms with E-state index in [4.69, 9.17) is 9.84 Å². The molecule has 0 aromatic heterocycles. The summed E-state index contributed by atoms with van der Waals surface area (Å²) in [5.41, 5.74) is 2.13. The molecule has 6 nitrogen and oxygen atoms in total. The van der Waals surface area contributed by atoms with Crippen LogP contribution in [-0.4, -0.2) is 32.6 Å². The molecule has 9 heteroatoms. The number of carbonyl (C=O) groups is 1. The van der Waals surface area contributed by atoms with Gasteiger partial charge in [-0.25, -0.2) is 22.0 Å². The lowest BCUT2D eigenvalue weighted by Gasteiger charge is -2.22. The van der Waals surface area contributed by atoms with Crippen molar-refractivity contribution in [1.82, 2.24) is 0 Å². The summed E-state index contributed by atoms with van der Waals surface area (Å²) in [6.07, 6.45) is 0. The zero-order chi connectivity index (χ0) is 24.8. The Kier molecular flexibility index (Phi) is 5.85. The number of halogens is 2. The number of aryl methyl sites for hydroxylation is 1. The van der Waals surface area contributed by atoms with E-state index in [0.29, 0.717) is 22.4 Å². The number of rotatable bonds is 6. The molecule has 4 rings (SSSR count). The Bertz CT molecular complexity index is 1380. The van der Waals surface area contributed by atoms with Gasteiger partial charge in [0.05, 0.1) is 10.6 Å². The van der Waals surface area contributed by atoms with Crippen molar-refractivity contribution < 1.29 is 31.8 Å². The van der Waals surface area contributed by atoms with Gasteiger partial charge in [-0.1, -0.05) is 19.9 Å². The number of aliphatic carboxylic acids is 1. The average Bonchev–Trinajstić information content (AvgIpc) is 3.03. The monoisotopic (exact) mass is 487 g/mol. The van der Waals surface area contributed by atoms with Crippen LogP contribution in [0.4, 0.5) is 14.5 Å². The Labute approximate surface area is 196 Å². The van der Waals surface area contributed by atoms with Gasteiger partial charge in [-0.3, -0.25) is 4.31 Å². The molecule has 0 saturated carbocycles. The third-order valence-corrected chi connectivity index (χ3v) is 7.57. The molecule has 1 aliphatic rings. The first-order valence-corrected chi connectivity index (χ1v) is 11.9. The van der Waals surface area contributed by atoms with Crippen molar-refractivity contribution in [2.24, 2.45) is 0 Å². The van der Waals surface area contributed by atoms with Gasteiger partial charge < -0.3 is 9.84 Å². The zero-order valence-corrected chi connectivity index (χ0v) is 19.6. The highest BCUT2D eigenvalue weighted by Crippen LogP contribution is 2.45. The minimum absolute atomic E-state index is 0.0487. The summed E-state index contributed by atoms with van der Waals surface area (Å²) in [5, 5.41) is 8.79. The highest BCUT2D eigenvalue weighted by molar-refractivity contribution is 7.92. The molecule has 0 fully saturated rings. The predicted molar refractivity (Wildman–Crippen MR) is 124 cm³/mol. The highest BCUT2D eigenvalue weighted by atomic mass is 32.2. The minimum atomic E-state index is -3.94. The van der Waals surface area contributed by atoms with Gasteiger partial charge in [0.15, 0.2) is 6.61 Å². The van der Waals surface area contributed by atoms with Crippen LogP contribution in [0.1, 0.15) is 25.0 Å². The molecule has 3 aromatic carbocycles. The van der Waals surface area contributed by atoms with E-state index in [2.05, 4.69) is 0 Å². The normalized spacial score (nSPS) is 14.7. The van der Waals surface area contributed by atoms with Gasteiger partial charge in [-0.05, 0) is 71.6 Å². The van der Waals surface area contributed by atoms with Crippen molar-refractivity contribution in [2.75, 3.05) is 17.5 Å². The van der Waals surface area contributed by atoms with Crippen LogP contribution in [0, 0.1) is 18.6 Å². The molecule has 0 amide bonds. The van der Waals surface area contributed by atoms with Crippen molar-refractivity contribution in [1.29, 1.82) is 0 Å². The maximum Gasteiger partial charge on any atom is 0.341 e. The van der Waals surface area contributed by atoms with E-state index in [1.165, 1.54) is 34.6 Å². The fourth-order valence-corrected chi connectivity index (χ4v) is 5.88. The first-order valence-electron chi connectivity index (χ1n) is 10.5. The Balaban J connectivity index is 1.72. The molecule has 1 N–H and O–H groups in total. The van der Waals surface area contributed by atoms with Crippen LogP contribution in [0.25, 0.3) is 11.1 Å². The first-order chi connectivity index (χ1) is 15.9. The van der Waals surface area contributed by atoms with Gasteiger partial charge in [0.2, 0.25) is 0 Å². The standard InChI is InChI=1S/C25H23F2NO5S/c1-15-8-20(5-7-23(15)33-13-24(29)30)34(31,32)28-14-25(2,3)21-11-16(4-6-22(21)28)17-9-18(26)12-19(27)10-17/h4-12H,13-14H2,1-3H3,(H,29,30). The number of nitrogens with zero attached hydrogens (tertiary/aromatic N) is 1. The Morgan fingerprint density at radius 1 is 1.03 bits per heavy atom. The van der Waals surface area contributed by atoms with Crippen molar-refractivity contribution in [3.05, 3.63) is 77.4 Å². The van der Waals surface area contributed by atoms with Crippen LogP contribution in [0.5, 0.6) is 5.75 Å². The van der Waals surface area contributed by atoms with Crippen LogP contribution >= 0.6 is 0 Å². The van der Waals surface area contributed by atoms with E-state index in [-0.39, 0.29) is 17.2 Å². The van der Waals surface area contributed by atoms with Crippen molar-refractivity contribution in [3.63, 3.8) is 0 Å². The van der Waals surface area contributed by atoms with Gasteiger partial charge in [0.1, 0.15) is 17.4 Å². The number of benzene rings is 3. The third-order valence-electron chi connectivity index (χ3n) is 5.81. The summed E-state index contributed by atoms with van der Waals surface area (Å²) < 4.78 is 61.1. The van der Waals surface area contributed by atoms with Gasteiger partial charge in [-0.15, -0.1) is 0 Å². The summed E-state index contributed by atoms with van der Waals surface area (Å²) >= 11 is 0. The van der Waals surface area contributed by atoms with Crippen LogP contribution < -0.4 is 9.04 Å². The van der Waals surface area contributed by atoms with E-state index < -0.39 is 39.6 Å². The second kappa shape index (κ2) is 8.39. The van der Waals surface area contributed by atoms with Crippen LogP contribution in [-0.2, 0) is 20.2 Å². The first kappa shape index (κ1) is 23.7. The topological polar surface area (TPSA) is 83.9 Å². The molecule has 0 saturated heterocycles. The SMILES string of the molecule is Cc1cc(S(=O)(=O)N2CC(C)(C)c3cc(-c4cc(F)cc(F)c4)ccc32)ccc1OCC(=O)O. The molecular weight excluding hydrogens is 464 g/mol. The molecule has 1 aliphatic heterocycles. The highest BCUT2D eigenvalue weighted by Gasteiger charge is 2.41. The summed E-state index contributed by atoms with van der Waals surface area (Å²) in [6, 6.07) is 12.6. The summed E-state index contributed by atoms with van der Waals surface area (Å²) in [5.74, 6) is -2.22. The van der Waals surface area contributed by atoms with E-state index >= 15 is 0 Å². The molecule has 0 atom stereocenters. The average molecular weight is 488 g/mol. The number of carboxylic acid groups (broad SMARTS) is 1. The molecule has 3 aromatic rings. The second-order valence-electron chi connectivity index (χ2n) is 8.90. The van der Waals surface area contributed by atoms with Crippen LogP contribution in [0.3, 0.4) is 0 Å². The van der Waals surface area contributed by atoms with Crippen molar-refractivity contribution >= 4 is 21.7 Å². The summed E-state index contributed by atoms with van der Waals surface area (Å²) in [4.78, 5) is 10.8. The number of hydrogen-bond donors (Lipinski definition) is 1. The smallest absolute Gasteiger partial charge is 0.341 e. The maximum absolute atomic E-state index is 13.7. The van der Waals surface area contributed by atoms with Crippen molar-refractivity contribution in [2.45, 2.75) is 31.1 Å². The maximum atomic E-state index is 13.7. The lowest BCUT2D eigenvalue weighted by molar-refractivity contribution is -0.139. The van der Waals surface area contributed by atoms with Gasteiger partial charge >= 0.3 is 5.97 Å². The number of anilines is 1. The van der Waals surface area contributed by atoms with Crippen LogP contribution in [0.15, 0.2) is 59.5 Å². The summed E-state index contributed by atoms with van der Waals surface area (Å²) in [7, 11) is -3.94. The summed E-state index contributed by atoms with van der Waals surface area (Å²) in [6.45, 7) is 5.11. The molecule has 178 valence electrons. The minimum Gasteiger partial charge on any atom is -0.482 e. The van der Waals surface area contributed by atoms with E-state index in [1.54, 1.807) is 25.1 Å². The second-order valence-corrected chi connectivity index (χ2v) is 10.8. The fraction of sp³-hybridized carbons (Fsp3) is 0.240. The number of carboxylic acids is 1. The molecular formula is C25H23F2NO5S. The Morgan fingerprint density at radius 2 is 1.71 bits per heavy atom. The molecule has 0 aliphatic carbocycles. The lowest BCUT2D eigenvalue weighted by Crippen LogP contribution is -2.34. The number of ether oxygens (including phenoxy) is 1. The largest absolute Gasteiger partial charge is 0.482 e. The van der Waals surface area contributed by atoms with Gasteiger partial charge in [-0.2, -0.15) is 0 Å². The van der Waals surface area contributed by atoms with Gasteiger partial charge in [0, 0.05) is 18.0 Å². The van der Waals surface area contributed by atoms with E-state index in [1.807, 2.05) is 13.8 Å². The molecule has 0 spiro atoms. The third kappa shape index (κ3) is 4.35. The van der Waals surface area contributed by atoms with Crippen molar-refractivity contribution in [3.8, 4) is 16.9 Å². The molecule has 0 bridgehead atoms. The van der Waals surface area contributed by atoms with E-state index in [0.717, 1.165) is 11.6 Å². The quantitative estimate of drug-likeness (QED) is 0.535.